The number of hydrogen-bond acceptors (Lipinski definition) is 1. The molecule has 0 radical (unpaired) electrons. The summed E-state index contributed by atoms with van der Waals surface area (Å²) in [7, 11) is 0. The Morgan fingerprint density at radius 1 is 0.600 bits per heavy atom. The summed E-state index contributed by atoms with van der Waals surface area (Å²) in [5, 5.41) is 0. The van der Waals surface area contributed by atoms with Crippen LogP contribution in [0.3, 0.4) is 0 Å². The van der Waals surface area contributed by atoms with Gasteiger partial charge in [-0.05, 0) is 27.8 Å². The van der Waals surface area contributed by atoms with Crippen LogP contribution in [0.15, 0.2) is 103 Å². The second-order valence-electron chi connectivity index (χ2n) is 6.22. The van der Waals surface area contributed by atoms with Crippen molar-refractivity contribution in [1.29, 1.82) is 0 Å². The number of ketones is 1. The molecule has 120 valence electrons. The predicted octanol–water partition coefficient (Wildman–Crippen LogP) is 5.52. The molecule has 0 saturated heterocycles. The van der Waals surface area contributed by atoms with Crippen molar-refractivity contribution in [3.05, 3.63) is 120 Å². The van der Waals surface area contributed by atoms with Crippen LogP contribution < -0.4 is 0 Å². The fourth-order valence-electron chi connectivity index (χ4n) is 3.55. The molecule has 0 aliphatic heterocycles. The van der Waals surface area contributed by atoms with Crippen LogP contribution in [0.2, 0.25) is 0 Å². The maximum absolute atomic E-state index is 13.4. The van der Waals surface area contributed by atoms with Gasteiger partial charge in [0, 0.05) is 5.57 Å². The molecule has 0 heterocycles. The van der Waals surface area contributed by atoms with Gasteiger partial charge in [0.1, 0.15) is 0 Å². The monoisotopic (exact) mass is 322 g/mol. The van der Waals surface area contributed by atoms with Crippen molar-refractivity contribution in [2.24, 2.45) is 0 Å². The number of Topliss-reactive ketones (excluding diaryl/α,β-unsaturated/α-hetero) is 1. The number of carbonyl (C=O) groups excluding carboxylic acids is 1. The van der Waals surface area contributed by atoms with Gasteiger partial charge in [0.2, 0.25) is 0 Å². The second-order valence-corrected chi connectivity index (χ2v) is 6.22. The van der Waals surface area contributed by atoms with Gasteiger partial charge in [-0.1, -0.05) is 97.6 Å². The Kier molecular flexibility index (Phi) is 3.91. The van der Waals surface area contributed by atoms with Crippen LogP contribution in [0.25, 0.3) is 11.1 Å². The van der Waals surface area contributed by atoms with Gasteiger partial charge in [-0.3, -0.25) is 4.79 Å². The minimum Gasteiger partial charge on any atom is -0.293 e. The zero-order valence-electron chi connectivity index (χ0n) is 13.9. The lowest BCUT2D eigenvalue weighted by Gasteiger charge is -2.12. The lowest BCUT2D eigenvalue weighted by molar-refractivity contribution is -0.113. The molecular weight excluding hydrogens is 304 g/mol. The lowest BCUT2D eigenvalue weighted by Crippen LogP contribution is -2.09. The van der Waals surface area contributed by atoms with Gasteiger partial charge in [-0.2, -0.15) is 0 Å². The number of carbonyl (C=O) groups is 1. The Morgan fingerprint density at radius 2 is 1.04 bits per heavy atom. The van der Waals surface area contributed by atoms with Gasteiger partial charge in [0.05, 0.1) is 5.92 Å². The Labute approximate surface area is 148 Å². The van der Waals surface area contributed by atoms with E-state index in [0.717, 1.165) is 33.4 Å². The van der Waals surface area contributed by atoms with E-state index >= 15 is 0 Å². The fraction of sp³-hybridized carbons (Fsp3) is 0.0417. The van der Waals surface area contributed by atoms with Gasteiger partial charge in [-0.15, -0.1) is 0 Å². The van der Waals surface area contributed by atoms with Crippen LogP contribution in [0, 0.1) is 0 Å². The molecule has 0 N–H and O–H groups in total. The second kappa shape index (κ2) is 6.37. The highest BCUT2D eigenvalue weighted by molar-refractivity contribution is 6.37. The molecule has 3 aromatic rings. The van der Waals surface area contributed by atoms with E-state index in [4.69, 9.17) is 0 Å². The molecule has 0 spiro atoms. The molecule has 3 aromatic carbocycles. The zero-order chi connectivity index (χ0) is 17.2. The summed E-state index contributed by atoms with van der Waals surface area (Å²) in [6, 6.07) is 29.9. The van der Waals surface area contributed by atoms with Crippen molar-refractivity contribution in [2.45, 2.75) is 5.92 Å². The van der Waals surface area contributed by atoms with Crippen LogP contribution in [0.5, 0.6) is 0 Å². The molecular formula is C24H18O. The van der Waals surface area contributed by atoms with E-state index in [1.54, 1.807) is 0 Å². The third kappa shape index (κ3) is 2.64. The highest BCUT2D eigenvalue weighted by atomic mass is 16.1. The summed E-state index contributed by atoms with van der Waals surface area (Å²) in [4.78, 5) is 13.4. The van der Waals surface area contributed by atoms with Crippen LogP contribution in [-0.4, -0.2) is 5.78 Å². The minimum atomic E-state index is -0.313. The Hall–Kier alpha value is -3.19. The molecule has 0 fully saturated rings. The smallest absolute Gasteiger partial charge is 0.175 e. The van der Waals surface area contributed by atoms with Gasteiger partial charge in [0.15, 0.2) is 5.78 Å². The van der Waals surface area contributed by atoms with E-state index in [2.05, 4.69) is 6.58 Å². The summed E-state index contributed by atoms with van der Waals surface area (Å²) in [5.41, 5.74) is 5.60. The number of benzene rings is 3. The average Bonchev–Trinajstić information content (AvgIpc) is 2.94. The summed E-state index contributed by atoms with van der Waals surface area (Å²) in [6.07, 6.45) is 0. The molecule has 1 nitrogen and oxygen atoms in total. The lowest BCUT2D eigenvalue weighted by atomic mass is 9.89. The van der Waals surface area contributed by atoms with Gasteiger partial charge < -0.3 is 0 Å². The quantitative estimate of drug-likeness (QED) is 0.620. The van der Waals surface area contributed by atoms with Crippen LogP contribution in [0.4, 0.5) is 0 Å². The van der Waals surface area contributed by atoms with Gasteiger partial charge in [0.25, 0.3) is 0 Å². The molecule has 1 heteroatoms. The zero-order valence-corrected chi connectivity index (χ0v) is 13.9. The molecule has 25 heavy (non-hydrogen) atoms. The van der Waals surface area contributed by atoms with Crippen molar-refractivity contribution in [3.63, 3.8) is 0 Å². The molecule has 1 unspecified atom stereocenters. The third-order valence-corrected chi connectivity index (χ3v) is 4.69. The normalized spacial score (nSPS) is 17.2. The first-order valence-electron chi connectivity index (χ1n) is 8.41. The topological polar surface area (TPSA) is 17.1 Å². The summed E-state index contributed by atoms with van der Waals surface area (Å²) < 4.78 is 0. The molecule has 1 aliphatic rings. The largest absolute Gasteiger partial charge is 0.293 e. The summed E-state index contributed by atoms with van der Waals surface area (Å²) in [6.45, 7) is 4.32. The number of hydrogen-bond donors (Lipinski definition) is 0. The van der Waals surface area contributed by atoms with Crippen LogP contribution in [0.1, 0.15) is 22.6 Å². The van der Waals surface area contributed by atoms with Gasteiger partial charge in [-0.25, -0.2) is 0 Å². The molecule has 1 atom stereocenters. The number of allylic oxidation sites excluding steroid dienone is 3. The minimum absolute atomic E-state index is 0.126. The van der Waals surface area contributed by atoms with E-state index in [1.165, 1.54) is 0 Å². The standard InChI is InChI=1S/C24H18O/c1-17-21(18-11-5-2-6-12-18)23(20-15-9-4-10-16-20)24(25)22(17)19-13-7-3-8-14-19/h2-16,22H,1H2. The van der Waals surface area contributed by atoms with Crippen LogP contribution >= 0.6 is 0 Å². The number of rotatable bonds is 3. The van der Waals surface area contributed by atoms with E-state index < -0.39 is 0 Å². The van der Waals surface area contributed by atoms with Crippen molar-refractivity contribution >= 4 is 16.9 Å². The highest BCUT2D eigenvalue weighted by Crippen LogP contribution is 2.47. The van der Waals surface area contributed by atoms with E-state index in [9.17, 15) is 4.79 Å². The molecule has 4 rings (SSSR count). The van der Waals surface area contributed by atoms with Crippen molar-refractivity contribution in [3.8, 4) is 0 Å². The predicted molar refractivity (Wildman–Crippen MR) is 103 cm³/mol. The fourth-order valence-corrected chi connectivity index (χ4v) is 3.55. The van der Waals surface area contributed by atoms with E-state index in [0.29, 0.717) is 0 Å². The van der Waals surface area contributed by atoms with Crippen LogP contribution in [-0.2, 0) is 4.79 Å². The first-order valence-corrected chi connectivity index (χ1v) is 8.41. The highest BCUT2D eigenvalue weighted by Gasteiger charge is 2.38. The molecule has 0 saturated carbocycles. The van der Waals surface area contributed by atoms with E-state index in [1.807, 2.05) is 91.0 Å². The van der Waals surface area contributed by atoms with Crippen molar-refractivity contribution in [1.82, 2.24) is 0 Å². The van der Waals surface area contributed by atoms with E-state index in [-0.39, 0.29) is 11.7 Å². The Balaban J connectivity index is 1.93. The molecule has 1 aliphatic carbocycles. The first-order chi connectivity index (χ1) is 12.3. The molecule has 0 amide bonds. The SMILES string of the molecule is C=C1C(c2ccccc2)=C(c2ccccc2)C(=O)C1c1ccccc1. The average molecular weight is 322 g/mol. The van der Waals surface area contributed by atoms with Gasteiger partial charge >= 0.3 is 0 Å². The maximum Gasteiger partial charge on any atom is 0.175 e. The summed E-state index contributed by atoms with van der Waals surface area (Å²) >= 11 is 0. The maximum atomic E-state index is 13.4. The Bertz CT molecular complexity index is 889. The van der Waals surface area contributed by atoms with Crippen molar-refractivity contribution < 1.29 is 4.79 Å². The third-order valence-electron chi connectivity index (χ3n) is 4.69. The first kappa shape index (κ1) is 15.3. The Morgan fingerprint density at radius 3 is 1.56 bits per heavy atom. The summed E-state index contributed by atoms with van der Waals surface area (Å²) in [5.74, 6) is -0.187. The van der Waals surface area contributed by atoms with Crippen molar-refractivity contribution in [2.75, 3.05) is 0 Å². The molecule has 0 bridgehead atoms. The molecule has 0 aromatic heterocycles.